The van der Waals surface area contributed by atoms with Gasteiger partial charge in [-0.25, -0.2) is 21.6 Å². The zero-order chi connectivity index (χ0) is 46.4. The van der Waals surface area contributed by atoms with E-state index < -0.39 is 32.1 Å². The predicted octanol–water partition coefficient (Wildman–Crippen LogP) is 5.71. The topological polar surface area (TPSA) is 250 Å². The summed E-state index contributed by atoms with van der Waals surface area (Å²) in [6.45, 7) is 3.28. The first-order chi connectivity index (χ1) is 31.1. The smallest absolute Gasteiger partial charge is 0.322 e. The van der Waals surface area contributed by atoms with Gasteiger partial charge in [-0.2, -0.15) is 4.72 Å². The maximum atomic E-state index is 12.7. The van der Waals surface area contributed by atoms with E-state index in [1.54, 1.807) is 127 Å². The van der Waals surface area contributed by atoms with Crippen molar-refractivity contribution in [1.29, 1.82) is 0 Å². The van der Waals surface area contributed by atoms with E-state index in [1.165, 1.54) is 12.1 Å². The molecule has 0 bridgehead atoms. The van der Waals surface area contributed by atoms with E-state index in [-0.39, 0.29) is 34.1 Å². The van der Waals surface area contributed by atoms with Crippen LogP contribution in [0.1, 0.15) is 38.8 Å². The molecule has 16 nitrogen and oxygen atoms in total. The number of aliphatic imine (C=N–C) groups is 1. The number of hydrogen-bond acceptors (Lipinski definition) is 11. The van der Waals surface area contributed by atoms with Crippen molar-refractivity contribution in [2.75, 3.05) is 34.8 Å². The van der Waals surface area contributed by atoms with Crippen molar-refractivity contribution in [1.82, 2.24) is 14.8 Å². The Morgan fingerprint density at radius 1 is 0.631 bits per heavy atom. The Labute approximate surface area is 377 Å². The minimum Gasteiger partial charge on any atom is -0.480 e. The minimum atomic E-state index is -3.99. The van der Waals surface area contributed by atoms with Crippen LogP contribution in [-0.2, 0) is 37.7 Å². The van der Waals surface area contributed by atoms with Crippen LogP contribution in [0.15, 0.2) is 173 Å². The number of carbonyl (C=O) groups excluding carboxylic acids is 2. The van der Waals surface area contributed by atoms with E-state index in [2.05, 4.69) is 35.7 Å². The summed E-state index contributed by atoms with van der Waals surface area (Å²) in [4.78, 5) is 41.2. The van der Waals surface area contributed by atoms with Gasteiger partial charge in [-0.1, -0.05) is 72.8 Å². The molecule has 0 aromatic heterocycles. The molecule has 2 atom stereocenters. The maximum absolute atomic E-state index is 12.7. The van der Waals surface area contributed by atoms with Crippen LogP contribution in [0, 0.1) is 0 Å². The lowest BCUT2D eigenvalue weighted by molar-refractivity contribution is -0.138. The van der Waals surface area contributed by atoms with E-state index in [1.807, 2.05) is 25.1 Å². The Hall–Kier alpha value is -7.38. The summed E-state index contributed by atoms with van der Waals surface area (Å²) in [5.41, 5.74) is 10.6. The second kappa shape index (κ2) is 21.8. The van der Waals surface area contributed by atoms with Crippen molar-refractivity contribution < 1.29 is 36.3 Å². The van der Waals surface area contributed by atoms with Gasteiger partial charge in [-0.3, -0.25) is 19.4 Å². The molecular formula is C47H48N8O8S2. The first-order valence-corrected chi connectivity index (χ1v) is 23.3. The van der Waals surface area contributed by atoms with Gasteiger partial charge in [0, 0.05) is 46.5 Å². The monoisotopic (exact) mass is 916 g/mol. The number of carboxylic acid groups (broad SMARTS) is 1. The van der Waals surface area contributed by atoms with Gasteiger partial charge >= 0.3 is 5.97 Å². The van der Waals surface area contributed by atoms with Gasteiger partial charge in [0.1, 0.15) is 6.04 Å². The van der Waals surface area contributed by atoms with Gasteiger partial charge in [0.25, 0.3) is 11.8 Å². The molecule has 0 saturated carbocycles. The largest absolute Gasteiger partial charge is 0.480 e. The average molecular weight is 917 g/mol. The molecule has 0 spiro atoms. The van der Waals surface area contributed by atoms with Crippen molar-refractivity contribution in [3.05, 3.63) is 180 Å². The Morgan fingerprint density at radius 2 is 1.14 bits per heavy atom. The molecule has 1 aliphatic heterocycles. The lowest BCUT2D eigenvalue weighted by Crippen LogP contribution is -2.42. The van der Waals surface area contributed by atoms with Crippen LogP contribution < -0.4 is 36.4 Å². The zero-order valence-electron chi connectivity index (χ0n) is 35.1. The third kappa shape index (κ3) is 14.1. The highest BCUT2D eigenvalue weighted by Gasteiger charge is 2.26. The quantitative estimate of drug-likeness (QED) is 0.0546. The number of guanidine groups is 1. The normalized spacial score (nSPS) is 13.2. The fourth-order valence-corrected chi connectivity index (χ4v) is 8.96. The van der Waals surface area contributed by atoms with Crippen molar-refractivity contribution in [3.63, 3.8) is 0 Å². The number of nitrogens with zero attached hydrogens (tertiary/aromatic N) is 1. The summed E-state index contributed by atoms with van der Waals surface area (Å²) in [7, 11) is -7.55. The molecule has 1 heterocycles. The zero-order valence-corrected chi connectivity index (χ0v) is 36.8. The maximum Gasteiger partial charge on any atom is 0.322 e. The summed E-state index contributed by atoms with van der Waals surface area (Å²) < 4.78 is 54.8. The van der Waals surface area contributed by atoms with Gasteiger partial charge in [0.05, 0.1) is 16.3 Å². The number of nitrogens with two attached hydrogens (primary N) is 1. The fourth-order valence-electron chi connectivity index (χ4n) is 6.49. The summed E-state index contributed by atoms with van der Waals surface area (Å²) in [5, 5.41) is 21.4. The van der Waals surface area contributed by atoms with Crippen LogP contribution >= 0.6 is 0 Å². The van der Waals surface area contributed by atoms with Gasteiger partial charge in [-0.15, -0.1) is 0 Å². The number of benzene rings is 6. The van der Waals surface area contributed by atoms with Crippen LogP contribution in [0.2, 0.25) is 0 Å². The van der Waals surface area contributed by atoms with Crippen molar-refractivity contribution >= 4 is 66.5 Å². The van der Waals surface area contributed by atoms with Gasteiger partial charge in [0.2, 0.25) is 20.0 Å². The molecule has 9 N–H and O–H groups in total. The number of sulfonamides is 2. The number of nitrogen functional groups attached to an aromatic ring is 1. The lowest BCUT2D eigenvalue weighted by Gasteiger charge is -2.15. The first-order valence-electron chi connectivity index (χ1n) is 20.3. The molecule has 6 aromatic carbocycles. The molecule has 18 heteroatoms. The average Bonchev–Trinajstić information content (AvgIpc) is 3.81. The minimum absolute atomic E-state index is 0.0129. The first kappa shape index (κ1) is 47.1. The van der Waals surface area contributed by atoms with E-state index in [9.17, 15) is 36.3 Å². The molecule has 7 rings (SSSR count). The molecule has 0 aliphatic carbocycles. The molecule has 1 aliphatic rings. The third-order valence-corrected chi connectivity index (χ3v) is 12.8. The molecule has 0 radical (unpaired) electrons. The number of nitrogens with one attached hydrogen (secondary N) is 6. The standard InChI is InChI=1S/C25H25N5O5S.C22H23N3O3S/c31-23(18-5-4-6-20(16-18)29-25-26-13-14-27-25)28-19-11-9-17(10-12-19)15-22(24(32)33)30-36(34,35)21-7-2-1-3-8-21;1-16(25-29(27,28)21-8-3-2-4-9-21)14-17-10-12-20(13-11-17)24-22(26)18-6-5-7-19(23)15-18/h1-12,16,22,30H,13-15H2,(H,28,31)(H,32,33)(H2,26,27,29);2-13,15-16,25H,14,23H2,1H3,(H,24,26). The predicted molar refractivity (Wildman–Crippen MR) is 252 cm³/mol. The van der Waals surface area contributed by atoms with Crippen LogP contribution in [-0.4, -0.2) is 70.9 Å². The van der Waals surface area contributed by atoms with E-state index in [0.717, 1.165) is 17.8 Å². The number of carboxylic acids is 1. The fraction of sp³-hybridized carbons (Fsp3) is 0.149. The SMILES string of the molecule is CC(Cc1ccc(NC(=O)c2cccc(N)c2)cc1)NS(=O)(=O)c1ccccc1.O=C(Nc1ccc(CC(NS(=O)(=O)c2ccccc2)C(=O)O)cc1)c1cccc(NC2=NCCN2)c1. The highest BCUT2D eigenvalue weighted by molar-refractivity contribution is 7.89. The molecule has 336 valence electrons. The summed E-state index contributed by atoms with van der Waals surface area (Å²) in [6, 6.07) is 41.8. The molecular weight excluding hydrogens is 869 g/mol. The Kier molecular flexibility index (Phi) is 15.8. The van der Waals surface area contributed by atoms with Gasteiger partial charge in [-0.05, 0) is 116 Å². The number of carbonyl (C=O) groups is 3. The Morgan fingerprint density at radius 3 is 1.65 bits per heavy atom. The van der Waals surface area contributed by atoms with Crippen LogP contribution in [0.4, 0.5) is 22.7 Å². The Balaban J connectivity index is 0.000000221. The summed E-state index contributed by atoms with van der Waals surface area (Å²) in [6.07, 6.45) is 0.455. The van der Waals surface area contributed by atoms with Crippen LogP contribution in [0.3, 0.4) is 0 Å². The molecule has 0 fully saturated rings. The number of aliphatic carboxylic acids is 1. The molecule has 2 amide bonds. The molecule has 2 unspecified atom stereocenters. The second-order valence-electron chi connectivity index (χ2n) is 14.9. The highest BCUT2D eigenvalue weighted by atomic mass is 32.2. The molecule has 6 aromatic rings. The van der Waals surface area contributed by atoms with Crippen molar-refractivity contribution in [2.45, 2.75) is 41.6 Å². The van der Waals surface area contributed by atoms with E-state index in [4.69, 9.17) is 5.73 Å². The van der Waals surface area contributed by atoms with E-state index in [0.29, 0.717) is 52.7 Å². The van der Waals surface area contributed by atoms with Gasteiger partial charge < -0.3 is 32.1 Å². The molecule has 65 heavy (non-hydrogen) atoms. The number of anilines is 4. The second-order valence-corrected chi connectivity index (χ2v) is 18.3. The molecule has 0 saturated heterocycles. The number of rotatable bonds is 16. The van der Waals surface area contributed by atoms with Crippen LogP contribution in [0.5, 0.6) is 0 Å². The van der Waals surface area contributed by atoms with Crippen molar-refractivity contribution in [2.24, 2.45) is 4.99 Å². The van der Waals surface area contributed by atoms with Crippen LogP contribution in [0.25, 0.3) is 0 Å². The van der Waals surface area contributed by atoms with Crippen molar-refractivity contribution in [3.8, 4) is 0 Å². The Bertz CT molecular complexity index is 2850. The number of amides is 2. The van der Waals surface area contributed by atoms with Gasteiger partial charge in [0.15, 0.2) is 5.96 Å². The third-order valence-electron chi connectivity index (χ3n) is 9.67. The lowest BCUT2D eigenvalue weighted by atomic mass is 10.1. The highest BCUT2D eigenvalue weighted by Crippen LogP contribution is 2.18. The van der Waals surface area contributed by atoms with E-state index >= 15 is 0 Å². The summed E-state index contributed by atoms with van der Waals surface area (Å²) in [5.74, 6) is -1.19. The number of hydrogen-bond donors (Lipinski definition) is 8. The summed E-state index contributed by atoms with van der Waals surface area (Å²) >= 11 is 0.